The highest BCUT2D eigenvalue weighted by Crippen LogP contribution is 2.47. The molecule has 104 valence electrons. The number of benzene rings is 1. The van der Waals surface area contributed by atoms with Gasteiger partial charge >= 0.3 is 5.97 Å². The van der Waals surface area contributed by atoms with E-state index in [4.69, 9.17) is 5.11 Å². The van der Waals surface area contributed by atoms with Gasteiger partial charge in [-0.3, -0.25) is 0 Å². The Hall–Kier alpha value is -1.39. The molecule has 4 nitrogen and oxygen atoms in total. The third kappa shape index (κ3) is 3.78. The number of rotatable bonds is 7. The Kier molecular flexibility index (Phi) is 4.56. The molecule has 4 heteroatoms. The minimum Gasteiger partial charge on any atom is -0.465 e. The van der Waals surface area contributed by atoms with Crippen LogP contribution in [0.2, 0.25) is 0 Å². The van der Waals surface area contributed by atoms with E-state index in [1.54, 1.807) is 12.1 Å². The third-order valence-electron chi connectivity index (χ3n) is 3.80. The number of esters is 1. The van der Waals surface area contributed by atoms with Crippen molar-refractivity contribution in [2.75, 3.05) is 20.3 Å². The number of carbonyl (C=O) groups excluding carboxylic acids is 1. The average Bonchev–Trinajstić information content (AvgIpc) is 3.19. The molecule has 1 aromatic rings. The molecule has 0 saturated heterocycles. The van der Waals surface area contributed by atoms with Gasteiger partial charge in [-0.15, -0.1) is 0 Å². The lowest BCUT2D eigenvalue weighted by Crippen LogP contribution is -2.24. The number of hydrogen-bond donors (Lipinski definition) is 2. The second kappa shape index (κ2) is 6.17. The molecule has 0 spiro atoms. The van der Waals surface area contributed by atoms with E-state index in [0.29, 0.717) is 11.0 Å². The summed E-state index contributed by atoms with van der Waals surface area (Å²) in [5, 5.41) is 12.4. The smallest absolute Gasteiger partial charge is 0.337 e. The van der Waals surface area contributed by atoms with Crippen molar-refractivity contribution in [1.29, 1.82) is 0 Å². The van der Waals surface area contributed by atoms with Gasteiger partial charge in [0.15, 0.2) is 0 Å². The van der Waals surface area contributed by atoms with Gasteiger partial charge in [0.2, 0.25) is 0 Å². The quantitative estimate of drug-likeness (QED) is 0.736. The number of ether oxygens (including phenoxy) is 1. The third-order valence-corrected chi connectivity index (χ3v) is 3.80. The van der Waals surface area contributed by atoms with E-state index in [-0.39, 0.29) is 12.6 Å². The van der Waals surface area contributed by atoms with Crippen LogP contribution >= 0.6 is 0 Å². The topological polar surface area (TPSA) is 58.6 Å². The second-order valence-corrected chi connectivity index (χ2v) is 5.27. The zero-order valence-electron chi connectivity index (χ0n) is 11.3. The molecule has 0 heterocycles. The highest BCUT2D eigenvalue weighted by molar-refractivity contribution is 5.89. The van der Waals surface area contributed by atoms with Crippen molar-refractivity contribution in [2.24, 2.45) is 5.41 Å². The molecular weight excluding hydrogens is 242 g/mol. The van der Waals surface area contributed by atoms with Crippen LogP contribution in [0.15, 0.2) is 24.3 Å². The maximum absolute atomic E-state index is 11.3. The Bertz CT molecular complexity index is 424. The highest BCUT2D eigenvalue weighted by atomic mass is 16.5. The van der Waals surface area contributed by atoms with Gasteiger partial charge in [0.1, 0.15) is 0 Å². The molecule has 0 radical (unpaired) electrons. The number of methoxy groups -OCH3 is 1. The molecule has 0 aliphatic heterocycles. The van der Waals surface area contributed by atoms with Crippen LogP contribution in [0.25, 0.3) is 0 Å². The van der Waals surface area contributed by atoms with Gasteiger partial charge in [0, 0.05) is 19.7 Å². The van der Waals surface area contributed by atoms with Gasteiger partial charge in [-0.25, -0.2) is 4.79 Å². The van der Waals surface area contributed by atoms with Crippen molar-refractivity contribution in [1.82, 2.24) is 5.32 Å². The monoisotopic (exact) mass is 263 g/mol. The lowest BCUT2D eigenvalue weighted by molar-refractivity contribution is 0.0600. The largest absolute Gasteiger partial charge is 0.465 e. The molecule has 0 amide bonds. The van der Waals surface area contributed by atoms with E-state index in [2.05, 4.69) is 10.1 Å². The summed E-state index contributed by atoms with van der Waals surface area (Å²) in [5.74, 6) is -0.306. The van der Waals surface area contributed by atoms with Crippen LogP contribution in [-0.2, 0) is 11.3 Å². The number of hydrogen-bond acceptors (Lipinski definition) is 4. The Morgan fingerprint density at radius 3 is 2.58 bits per heavy atom. The lowest BCUT2D eigenvalue weighted by Gasteiger charge is -2.14. The van der Waals surface area contributed by atoms with Gasteiger partial charge < -0.3 is 15.2 Å². The average molecular weight is 263 g/mol. The predicted octanol–water partition coefficient (Wildman–Crippen LogP) is 1.73. The van der Waals surface area contributed by atoms with Gasteiger partial charge in [0.05, 0.1) is 12.7 Å². The zero-order chi connectivity index (χ0) is 13.7. The number of aliphatic hydroxyl groups is 1. The van der Waals surface area contributed by atoms with E-state index in [1.165, 1.54) is 20.0 Å². The summed E-state index contributed by atoms with van der Waals surface area (Å²) in [6.45, 7) is 2.01. The normalized spacial score (nSPS) is 16.1. The van der Waals surface area contributed by atoms with Gasteiger partial charge in [-0.05, 0) is 42.4 Å². The zero-order valence-corrected chi connectivity index (χ0v) is 11.3. The molecular formula is C15H21NO3. The van der Waals surface area contributed by atoms with Crippen molar-refractivity contribution >= 4 is 5.97 Å². The number of nitrogens with one attached hydrogen (secondary N) is 1. The molecule has 0 aromatic heterocycles. The second-order valence-electron chi connectivity index (χ2n) is 5.27. The van der Waals surface area contributed by atoms with Gasteiger partial charge in [-0.1, -0.05) is 12.1 Å². The van der Waals surface area contributed by atoms with Gasteiger partial charge in [0.25, 0.3) is 0 Å². The highest BCUT2D eigenvalue weighted by Gasteiger charge is 2.41. The minimum absolute atomic E-state index is 0.273. The standard InChI is InChI=1S/C15H21NO3/c1-19-14(18)13-4-2-12(3-5-13)10-16-11-15(6-7-15)8-9-17/h2-5,16-17H,6-11H2,1H3. The molecule has 1 aromatic carbocycles. The molecule has 0 bridgehead atoms. The SMILES string of the molecule is COC(=O)c1ccc(CNCC2(CCO)CC2)cc1. The number of aliphatic hydroxyl groups excluding tert-OH is 1. The summed E-state index contributed by atoms with van der Waals surface area (Å²) in [6.07, 6.45) is 3.31. The Balaban J connectivity index is 1.79. The Morgan fingerprint density at radius 2 is 2.05 bits per heavy atom. The van der Waals surface area contributed by atoms with Crippen molar-refractivity contribution in [3.8, 4) is 0 Å². The summed E-state index contributed by atoms with van der Waals surface area (Å²) in [4.78, 5) is 11.3. The summed E-state index contributed by atoms with van der Waals surface area (Å²) >= 11 is 0. The summed E-state index contributed by atoms with van der Waals surface area (Å²) in [5.41, 5.74) is 2.05. The Labute approximate surface area is 113 Å². The van der Waals surface area contributed by atoms with E-state index >= 15 is 0 Å². The first-order valence-corrected chi connectivity index (χ1v) is 6.68. The molecule has 2 rings (SSSR count). The molecule has 1 aliphatic rings. The number of carbonyl (C=O) groups is 1. The summed E-state index contributed by atoms with van der Waals surface area (Å²) < 4.78 is 4.66. The summed E-state index contributed by atoms with van der Waals surface area (Å²) in [7, 11) is 1.38. The maximum atomic E-state index is 11.3. The van der Waals surface area contributed by atoms with Crippen LogP contribution < -0.4 is 5.32 Å². The molecule has 2 N–H and O–H groups in total. The fraction of sp³-hybridized carbons (Fsp3) is 0.533. The fourth-order valence-electron chi connectivity index (χ4n) is 2.28. The first kappa shape index (κ1) is 14.0. The molecule has 19 heavy (non-hydrogen) atoms. The molecule has 0 unspecified atom stereocenters. The van der Waals surface area contributed by atoms with Gasteiger partial charge in [-0.2, -0.15) is 0 Å². The lowest BCUT2D eigenvalue weighted by atomic mass is 10.0. The van der Waals surface area contributed by atoms with Crippen LogP contribution in [0.5, 0.6) is 0 Å². The fourth-order valence-corrected chi connectivity index (χ4v) is 2.28. The first-order valence-electron chi connectivity index (χ1n) is 6.68. The molecule has 1 fully saturated rings. The maximum Gasteiger partial charge on any atom is 0.337 e. The van der Waals surface area contributed by atoms with Crippen molar-refractivity contribution in [3.63, 3.8) is 0 Å². The van der Waals surface area contributed by atoms with Crippen molar-refractivity contribution < 1.29 is 14.6 Å². The molecule has 1 aliphatic carbocycles. The molecule has 0 atom stereocenters. The summed E-state index contributed by atoms with van der Waals surface area (Å²) in [6, 6.07) is 7.43. The van der Waals surface area contributed by atoms with Crippen molar-refractivity contribution in [3.05, 3.63) is 35.4 Å². The van der Waals surface area contributed by atoms with E-state index in [1.807, 2.05) is 12.1 Å². The van der Waals surface area contributed by atoms with E-state index < -0.39 is 0 Å². The van der Waals surface area contributed by atoms with Crippen LogP contribution in [0.4, 0.5) is 0 Å². The van der Waals surface area contributed by atoms with Crippen LogP contribution in [0.1, 0.15) is 35.2 Å². The molecule has 1 saturated carbocycles. The van der Waals surface area contributed by atoms with Crippen LogP contribution in [0.3, 0.4) is 0 Å². The Morgan fingerprint density at radius 1 is 1.37 bits per heavy atom. The van der Waals surface area contributed by atoms with E-state index in [0.717, 1.165) is 25.1 Å². The van der Waals surface area contributed by atoms with E-state index in [9.17, 15) is 4.79 Å². The van der Waals surface area contributed by atoms with Crippen molar-refractivity contribution in [2.45, 2.75) is 25.8 Å². The predicted molar refractivity (Wildman–Crippen MR) is 72.9 cm³/mol. The minimum atomic E-state index is -0.306. The first-order chi connectivity index (χ1) is 9.19. The van der Waals surface area contributed by atoms with Crippen LogP contribution in [-0.4, -0.2) is 31.3 Å². The van der Waals surface area contributed by atoms with Crippen LogP contribution in [0, 0.1) is 5.41 Å².